The average Bonchev–Trinajstić information content (AvgIpc) is 2.69. The maximum atomic E-state index is 5.69. The van der Waals surface area contributed by atoms with E-state index in [4.69, 9.17) is 18.9 Å². The first kappa shape index (κ1) is 23.0. The highest BCUT2D eigenvalue weighted by Crippen LogP contribution is 2.28. The van der Waals surface area contributed by atoms with Gasteiger partial charge in [-0.05, 0) is 37.5 Å². The first-order valence-corrected chi connectivity index (χ1v) is 9.63. The summed E-state index contributed by atoms with van der Waals surface area (Å²) in [4.78, 5) is 4.64. The van der Waals surface area contributed by atoms with E-state index < -0.39 is 0 Å². The van der Waals surface area contributed by atoms with E-state index in [1.807, 2.05) is 25.1 Å². The van der Waals surface area contributed by atoms with E-state index in [0.717, 1.165) is 49.0 Å². The molecule has 0 radical (unpaired) electrons. The Bertz CT molecular complexity index is 538. The van der Waals surface area contributed by atoms with Gasteiger partial charge in [-0.1, -0.05) is 13.0 Å². The van der Waals surface area contributed by atoms with Crippen molar-refractivity contribution in [2.24, 2.45) is 4.99 Å². The highest BCUT2D eigenvalue weighted by Gasteiger charge is 2.06. The normalized spacial score (nSPS) is 11.3. The van der Waals surface area contributed by atoms with Crippen molar-refractivity contribution in [3.05, 3.63) is 23.8 Å². The molecule has 0 atom stereocenters. The first-order chi connectivity index (χ1) is 13.2. The fraction of sp³-hybridized carbons (Fsp3) is 0.650. The van der Waals surface area contributed by atoms with E-state index in [2.05, 4.69) is 22.5 Å². The minimum atomic E-state index is 0.560. The van der Waals surface area contributed by atoms with Gasteiger partial charge in [-0.3, -0.25) is 0 Å². The third kappa shape index (κ3) is 10.1. The number of hydrogen-bond donors (Lipinski definition) is 2. The smallest absolute Gasteiger partial charge is 0.191 e. The number of guanidine groups is 1. The van der Waals surface area contributed by atoms with Crippen LogP contribution in [0.3, 0.4) is 0 Å². The molecule has 0 spiro atoms. The van der Waals surface area contributed by atoms with Crippen molar-refractivity contribution < 1.29 is 18.9 Å². The molecular formula is C20H35N3O4. The number of hydrogen-bond acceptors (Lipinski definition) is 5. The van der Waals surface area contributed by atoms with Crippen LogP contribution in [-0.2, 0) is 16.0 Å². The van der Waals surface area contributed by atoms with Crippen LogP contribution in [-0.4, -0.2) is 59.7 Å². The summed E-state index contributed by atoms with van der Waals surface area (Å²) in [5.41, 5.74) is 1.07. The molecule has 0 aromatic heterocycles. The Hall–Kier alpha value is -1.99. The lowest BCUT2D eigenvalue weighted by atomic mass is 10.2. The minimum absolute atomic E-state index is 0.560. The van der Waals surface area contributed by atoms with Crippen molar-refractivity contribution >= 4 is 5.96 Å². The summed E-state index contributed by atoms with van der Waals surface area (Å²) in [5, 5.41) is 6.58. The second kappa shape index (κ2) is 15.1. The van der Waals surface area contributed by atoms with Gasteiger partial charge in [-0.15, -0.1) is 0 Å². The van der Waals surface area contributed by atoms with Crippen molar-refractivity contribution in [2.75, 3.05) is 53.7 Å². The fourth-order valence-electron chi connectivity index (χ4n) is 2.28. The lowest BCUT2D eigenvalue weighted by Gasteiger charge is -2.13. The Kier molecular flexibility index (Phi) is 12.9. The van der Waals surface area contributed by atoms with Crippen LogP contribution in [0.25, 0.3) is 0 Å². The molecule has 0 aliphatic heterocycles. The zero-order valence-corrected chi connectivity index (χ0v) is 17.2. The second-order valence-electron chi connectivity index (χ2n) is 5.91. The molecular weight excluding hydrogens is 346 g/mol. The summed E-state index contributed by atoms with van der Waals surface area (Å²) in [6, 6.07) is 5.93. The Labute approximate surface area is 163 Å². The van der Waals surface area contributed by atoms with Crippen LogP contribution in [0, 0.1) is 0 Å². The Balaban J connectivity index is 2.51. The van der Waals surface area contributed by atoms with Gasteiger partial charge in [-0.2, -0.15) is 0 Å². The van der Waals surface area contributed by atoms with Crippen molar-refractivity contribution in [3.8, 4) is 11.5 Å². The summed E-state index contributed by atoms with van der Waals surface area (Å²) < 4.78 is 21.5. The van der Waals surface area contributed by atoms with Crippen molar-refractivity contribution in [1.29, 1.82) is 0 Å². The number of methoxy groups -OCH3 is 2. The summed E-state index contributed by atoms with van der Waals surface area (Å²) >= 11 is 0. The molecule has 0 saturated carbocycles. The molecule has 1 rings (SSSR count). The number of nitrogens with zero attached hydrogens (tertiary/aromatic N) is 1. The number of benzene rings is 1. The predicted molar refractivity (Wildman–Crippen MR) is 109 cm³/mol. The van der Waals surface area contributed by atoms with Gasteiger partial charge < -0.3 is 29.6 Å². The number of rotatable bonds is 14. The topological polar surface area (TPSA) is 73.3 Å². The van der Waals surface area contributed by atoms with Crippen LogP contribution >= 0.6 is 0 Å². The molecule has 2 N–H and O–H groups in total. The molecule has 0 fully saturated rings. The standard InChI is InChI=1S/C20H35N3O4/c1-5-11-27-18-9-8-17(15-19(18)25-4)16-23-20(21-6-2)22-10-7-12-26-14-13-24-3/h8-9,15H,5-7,10-14,16H2,1-4H3,(H2,21,22,23). The van der Waals surface area contributed by atoms with Crippen molar-refractivity contribution in [1.82, 2.24) is 10.6 Å². The monoisotopic (exact) mass is 381 g/mol. The van der Waals surface area contributed by atoms with Gasteiger partial charge in [0, 0.05) is 26.8 Å². The molecule has 7 nitrogen and oxygen atoms in total. The third-order valence-corrected chi connectivity index (χ3v) is 3.64. The third-order valence-electron chi connectivity index (χ3n) is 3.64. The summed E-state index contributed by atoms with van der Waals surface area (Å²) in [6.07, 6.45) is 1.87. The zero-order valence-electron chi connectivity index (χ0n) is 17.2. The molecule has 0 heterocycles. The molecule has 0 saturated heterocycles. The van der Waals surface area contributed by atoms with Crippen molar-refractivity contribution in [2.45, 2.75) is 33.2 Å². The van der Waals surface area contributed by atoms with E-state index in [-0.39, 0.29) is 0 Å². The number of nitrogens with one attached hydrogen (secondary N) is 2. The molecule has 7 heteroatoms. The van der Waals surface area contributed by atoms with Gasteiger partial charge in [0.25, 0.3) is 0 Å². The lowest BCUT2D eigenvalue weighted by Crippen LogP contribution is -2.38. The highest BCUT2D eigenvalue weighted by molar-refractivity contribution is 5.79. The quantitative estimate of drug-likeness (QED) is 0.293. The highest BCUT2D eigenvalue weighted by atomic mass is 16.5. The molecule has 154 valence electrons. The van der Waals surface area contributed by atoms with E-state index in [0.29, 0.717) is 33.0 Å². The summed E-state index contributed by atoms with van der Waals surface area (Å²) in [5.74, 6) is 2.30. The van der Waals surface area contributed by atoms with Crippen LogP contribution in [0.15, 0.2) is 23.2 Å². The Morgan fingerprint density at radius 3 is 2.56 bits per heavy atom. The summed E-state index contributed by atoms with van der Waals surface area (Å²) in [6.45, 7) is 8.93. The molecule has 0 aliphatic carbocycles. The summed E-state index contributed by atoms with van der Waals surface area (Å²) in [7, 11) is 3.33. The Morgan fingerprint density at radius 1 is 1.00 bits per heavy atom. The minimum Gasteiger partial charge on any atom is -0.493 e. The van der Waals surface area contributed by atoms with Crippen LogP contribution in [0.1, 0.15) is 32.3 Å². The number of aliphatic imine (C=N–C) groups is 1. The van der Waals surface area contributed by atoms with Gasteiger partial charge in [0.05, 0.1) is 33.5 Å². The van der Waals surface area contributed by atoms with Crippen LogP contribution in [0.2, 0.25) is 0 Å². The predicted octanol–water partition coefficient (Wildman–Crippen LogP) is 2.59. The SMILES string of the molecule is CCCOc1ccc(CN=C(NCC)NCCCOCCOC)cc1OC. The Morgan fingerprint density at radius 2 is 1.85 bits per heavy atom. The van der Waals surface area contributed by atoms with E-state index in [1.54, 1.807) is 14.2 Å². The van der Waals surface area contributed by atoms with Gasteiger partial charge in [-0.25, -0.2) is 4.99 Å². The lowest BCUT2D eigenvalue weighted by molar-refractivity contribution is 0.0698. The molecule has 0 aliphatic rings. The maximum Gasteiger partial charge on any atom is 0.191 e. The van der Waals surface area contributed by atoms with E-state index >= 15 is 0 Å². The number of ether oxygens (including phenoxy) is 4. The van der Waals surface area contributed by atoms with Gasteiger partial charge in [0.1, 0.15) is 0 Å². The van der Waals surface area contributed by atoms with Crippen LogP contribution < -0.4 is 20.1 Å². The maximum absolute atomic E-state index is 5.69. The van der Waals surface area contributed by atoms with Gasteiger partial charge in [0.15, 0.2) is 17.5 Å². The first-order valence-electron chi connectivity index (χ1n) is 9.63. The molecule has 27 heavy (non-hydrogen) atoms. The van der Waals surface area contributed by atoms with E-state index in [1.165, 1.54) is 0 Å². The van der Waals surface area contributed by atoms with Gasteiger partial charge in [0.2, 0.25) is 0 Å². The molecule has 0 unspecified atom stereocenters. The van der Waals surface area contributed by atoms with Crippen molar-refractivity contribution in [3.63, 3.8) is 0 Å². The zero-order chi connectivity index (χ0) is 19.7. The molecule has 0 amide bonds. The molecule has 0 bridgehead atoms. The van der Waals surface area contributed by atoms with Crippen LogP contribution in [0.5, 0.6) is 11.5 Å². The second-order valence-corrected chi connectivity index (χ2v) is 5.91. The largest absolute Gasteiger partial charge is 0.493 e. The van der Waals surface area contributed by atoms with Gasteiger partial charge >= 0.3 is 0 Å². The molecule has 1 aromatic carbocycles. The van der Waals surface area contributed by atoms with Crippen LogP contribution in [0.4, 0.5) is 0 Å². The van der Waals surface area contributed by atoms with E-state index in [9.17, 15) is 0 Å². The fourth-order valence-corrected chi connectivity index (χ4v) is 2.28. The molecule has 1 aromatic rings. The average molecular weight is 382 g/mol.